The van der Waals surface area contributed by atoms with Crippen LogP contribution in [0, 0.1) is 5.82 Å². The molecule has 2 aromatic rings. The van der Waals surface area contributed by atoms with Crippen molar-refractivity contribution in [1.82, 2.24) is 15.0 Å². The molecular formula is C12H15FN4O. The molecule has 1 atom stereocenters. The molecule has 0 aliphatic rings. The molecule has 0 saturated carbocycles. The summed E-state index contributed by atoms with van der Waals surface area (Å²) in [5, 5.41) is 7.62. The molecule has 0 amide bonds. The van der Waals surface area contributed by atoms with Crippen molar-refractivity contribution in [2.24, 2.45) is 12.8 Å². The minimum atomic E-state index is -0.423. The highest BCUT2D eigenvalue weighted by Crippen LogP contribution is 2.21. The van der Waals surface area contributed by atoms with Crippen molar-refractivity contribution in [2.75, 3.05) is 0 Å². The number of ether oxygens (including phenoxy) is 1. The zero-order valence-electron chi connectivity index (χ0n) is 10.3. The second kappa shape index (κ2) is 5.14. The lowest BCUT2D eigenvalue weighted by molar-refractivity contribution is 0.285. The van der Waals surface area contributed by atoms with Gasteiger partial charge in [0, 0.05) is 13.1 Å². The lowest BCUT2D eigenvalue weighted by Crippen LogP contribution is -2.06. The van der Waals surface area contributed by atoms with Gasteiger partial charge in [0.1, 0.15) is 12.3 Å². The average Bonchev–Trinajstić information content (AvgIpc) is 2.73. The maximum Gasteiger partial charge on any atom is 0.165 e. The van der Waals surface area contributed by atoms with Gasteiger partial charge in [-0.3, -0.25) is 4.68 Å². The van der Waals surface area contributed by atoms with E-state index in [2.05, 4.69) is 10.3 Å². The summed E-state index contributed by atoms with van der Waals surface area (Å²) >= 11 is 0. The van der Waals surface area contributed by atoms with Crippen LogP contribution in [0.1, 0.15) is 24.2 Å². The lowest BCUT2D eigenvalue weighted by Gasteiger charge is -2.09. The minimum Gasteiger partial charge on any atom is -0.484 e. The normalized spacial score (nSPS) is 12.4. The van der Waals surface area contributed by atoms with Gasteiger partial charge in [0.05, 0.1) is 6.20 Å². The molecule has 5 nitrogen and oxygen atoms in total. The summed E-state index contributed by atoms with van der Waals surface area (Å²) in [6, 6.07) is 4.51. The van der Waals surface area contributed by atoms with Crippen LogP contribution in [0.25, 0.3) is 0 Å². The van der Waals surface area contributed by atoms with E-state index in [1.165, 1.54) is 6.07 Å². The Labute approximate surface area is 104 Å². The minimum absolute atomic E-state index is 0.183. The molecule has 0 spiro atoms. The molecule has 6 heteroatoms. The molecule has 96 valence electrons. The molecule has 0 fully saturated rings. The predicted molar refractivity (Wildman–Crippen MR) is 64.3 cm³/mol. The first-order valence-corrected chi connectivity index (χ1v) is 5.59. The summed E-state index contributed by atoms with van der Waals surface area (Å²) in [5.74, 6) is -0.237. The van der Waals surface area contributed by atoms with Crippen LogP contribution in [0.3, 0.4) is 0 Å². The molecule has 1 aromatic carbocycles. The van der Waals surface area contributed by atoms with Crippen molar-refractivity contribution < 1.29 is 9.13 Å². The van der Waals surface area contributed by atoms with Crippen molar-refractivity contribution >= 4 is 0 Å². The van der Waals surface area contributed by atoms with Crippen molar-refractivity contribution in [3.05, 3.63) is 41.5 Å². The Bertz CT molecular complexity index is 539. The Kier molecular flexibility index (Phi) is 3.57. The number of nitrogens with two attached hydrogens (primary N) is 1. The summed E-state index contributed by atoms with van der Waals surface area (Å²) in [6.45, 7) is 1.98. The highest BCUT2D eigenvalue weighted by molar-refractivity contribution is 5.30. The van der Waals surface area contributed by atoms with Gasteiger partial charge in [-0.1, -0.05) is 11.3 Å². The van der Waals surface area contributed by atoms with Crippen LogP contribution >= 0.6 is 0 Å². The topological polar surface area (TPSA) is 66.0 Å². The van der Waals surface area contributed by atoms with Crippen molar-refractivity contribution in [3.63, 3.8) is 0 Å². The fourth-order valence-corrected chi connectivity index (χ4v) is 1.53. The summed E-state index contributed by atoms with van der Waals surface area (Å²) in [6.07, 6.45) is 1.72. The molecule has 0 radical (unpaired) electrons. The Hall–Kier alpha value is -1.95. The quantitative estimate of drug-likeness (QED) is 0.894. The van der Waals surface area contributed by atoms with Crippen LogP contribution in [-0.4, -0.2) is 15.0 Å². The lowest BCUT2D eigenvalue weighted by atomic mass is 10.1. The van der Waals surface area contributed by atoms with Crippen LogP contribution in [0.4, 0.5) is 4.39 Å². The van der Waals surface area contributed by atoms with E-state index in [0.717, 1.165) is 5.56 Å². The van der Waals surface area contributed by atoms with Gasteiger partial charge in [0.2, 0.25) is 0 Å². The smallest absolute Gasteiger partial charge is 0.165 e. The molecule has 1 aromatic heterocycles. The molecule has 0 bridgehead atoms. The summed E-state index contributed by atoms with van der Waals surface area (Å²) < 4.78 is 20.6. The number of halogens is 1. The monoisotopic (exact) mass is 250 g/mol. The van der Waals surface area contributed by atoms with Crippen LogP contribution in [-0.2, 0) is 13.7 Å². The first-order valence-electron chi connectivity index (χ1n) is 5.59. The molecule has 2 N–H and O–H groups in total. The van der Waals surface area contributed by atoms with Crippen molar-refractivity contribution in [1.29, 1.82) is 0 Å². The number of aromatic nitrogens is 3. The molecule has 0 aliphatic heterocycles. The molecule has 0 unspecified atom stereocenters. The van der Waals surface area contributed by atoms with E-state index in [9.17, 15) is 4.39 Å². The first kappa shape index (κ1) is 12.5. The molecule has 2 rings (SSSR count). The van der Waals surface area contributed by atoms with E-state index in [-0.39, 0.29) is 18.4 Å². The maximum atomic E-state index is 13.7. The molecular weight excluding hydrogens is 235 g/mol. The van der Waals surface area contributed by atoms with Gasteiger partial charge in [0.15, 0.2) is 11.6 Å². The van der Waals surface area contributed by atoms with Gasteiger partial charge in [0.25, 0.3) is 0 Å². The Morgan fingerprint density at radius 3 is 2.83 bits per heavy atom. The van der Waals surface area contributed by atoms with Gasteiger partial charge in [-0.2, -0.15) is 0 Å². The van der Waals surface area contributed by atoms with E-state index >= 15 is 0 Å². The van der Waals surface area contributed by atoms with E-state index in [0.29, 0.717) is 5.69 Å². The number of hydrogen-bond donors (Lipinski definition) is 1. The van der Waals surface area contributed by atoms with Gasteiger partial charge in [-0.15, -0.1) is 5.10 Å². The SMILES string of the molecule is C[C@H](N)c1ccc(OCc2cn(C)nn2)c(F)c1. The van der Waals surface area contributed by atoms with Crippen LogP contribution in [0.15, 0.2) is 24.4 Å². The van der Waals surface area contributed by atoms with Gasteiger partial charge in [-0.25, -0.2) is 4.39 Å². The number of rotatable bonds is 4. The largest absolute Gasteiger partial charge is 0.484 e. The number of hydrogen-bond acceptors (Lipinski definition) is 4. The zero-order valence-corrected chi connectivity index (χ0v) is 10.3. The third-order valence-electron chi connectivity index (χ3n) is 2.51. The second-order valence-corrected chi connectivity index (χ2v) is 4.15. The van der Waals surface area contributed by atoms with Gasteiger partial charge < -0.3 is 10.5 Å². The highest BCUT2D eigenvalue weighted by atomic mass is 19.1. The maximum absolute atomic E-state index is 13.7. The predicted octanol–water partition coefficient (Wildman–Crippen LogP) is 1.55. The third kappa shape index (κ3) is 2.84. The van der Waals surface area contributed by atoms with Crippen molar-refractivity contribution in [3.8, 4) is 5.75 Å². The highest BCUT2D eigenvalue weighted by Gasteiger charge is 2.08. The molecule has 18 heavy (non-hydrogen) atoms. The number of aryl methyl sites for hydroxylation is 1. The number of benzene rings is 1. The molecule has 0 saturated heterocycles. The molecule has 1 heterocycles. The van der Waals surface area contributed by atoms with E-state index in [1.54, 1.807) is 37.0 Å². The third-order valence-corrected chi connectivity index (χ3v) is 2.51. The van der Waals surface area contributed by atoms with Crippen LogP contribution in [0.5, 0.6) is 5.75 Å². The Morgan fingerprint density at radius 1 is 1.50 bits per heavy atom. The summed E-state index contributed by atoms with van der Waals surface area (Å²) in [4.78, 5) is 0. The first-order chi connectivity index (χ1) is 8.56. The Balaban J connectivity index is 2.05. The van der Waals surface area contributed by atoms with E-state index in [4.69, 9.17) is 10.5 Å². The van der Waals surface area contributed by atoms with Crippen LogP contribution < -0.4 is 10.5 Å². The molecule has 0 aliphatic carbocycles. The Morgan fingerprint density at radius 2 is 2.28 bits per heavy atom. The van der Waals surface area contributed by atoms with E-state index < -0.39 is 5.82 Å². The fourth-order valence-electron chi connectivity index (χ4n) is 1.53. The zero-order chi connectivity index (χ0) is 13.1. The van der Waals surface area contributed by atoms with E-state index in [1.807, 2.05) is 0 Å². The van der Waals surface area contributed by atoms with Crippen LogP contribution in [0.2, 0.25) is 0 Å². The van der Waals surface area contributed by atoms with Crippen molar-refractivity contribution in [2.45, 2.75) is 19.6 Å². The fraction of sp³-hybridized carbons (Fsp3) is 0.333. The summed E-state index contributed by atoms with van der Waals surface area (Å²) in [7, 11) is 1.76. The second-order valence-electron chi connectivity index (χ2n) is 4.15. The number of nitrogens with zero attached hydrogens (tertiary/aromatic N) is 3. The standard InChI is InChI=1S/C12H15FN4O/c1-8(14)9-3-4-12(11(13)5-9)18-7-10-6-17(2)16-15-10/h3-6,8H,7,14H2,1-2H3/t8-/m0/s1. The van der Waals surface area contributed by atoms with Gasteiger partial charge in [-0.05, 0) is 24.6 Å². The summed E-state index contributed by atoms with van der Waals surface area (Å²) in [5.41, 5.74) is 7.05. The average molecular weight is 250 g/mol. The van der Waals surface area contributed by atoms with Gasteiger partial charge >= 0.3 is 0 Å².